The number of hydrogen-bond acceptors (Lipinski definition) is 8. The van der Waals surface area contributed by atoms with Crippen LogP contribution in [0, 0.1) is 17.2 Å². The van der Waals surface area contributed by atoms with Crippen LogP contribution in [0.3, 0.4) is 0 Å². The lowest BCUT2D eigenvalue weighted by Crippen LogP contribution is -2.24. The predicted octanol–water partition coefficient (Wildman–Crippen LogP) is 2.81. The van der Waals surface area contributed by atoms with Gasteiger partial charge in [0.05, 0.1) is 28.3 Å². The summed E-state index contributed by atoms with van der Waals surface area (Å²) in [4.78, 5) is 31.5. The second kappa shape index (κ2) is 8.44. The number of anilines is 4. The monoisotopic (exact) mass is 457 g/mol. The van der Waals surface area contributed by atoms with Crippen molar-refractivity contribution in [1.82, 2.24) is 20.5 Å². The molecule has 1 saturated carbocycles. The summed E-state index contributed by atoms with van der Waals surface area (Å²) in [5, 5.41) is 24.9. The molecule has 1 aromatic carbocycles. The third-order valence-corrected chi connectivity index (χ3v) is 5.77. The van der Waals surface area contributed by atoms with Gasteiger partial charge in [-0.15, -0.1) is 10.2 Å². The van der Waals surface area contributed by atoms with E-state index in [9.17, 15) is 14.9 Å². The van der Waals surface area contributed by atoms with E-state index in [0.717, 1.165) is 35.3 Å². The van der Waals surface area contributed by atoms with Crippen LogP contribution in [-0.4, -0.2) is 41.0 Å². The van der Waals surface area contributed by atoms with Crippen molar-refractivity contribution < 1.29 is 13.7 Å². The lowest BCUT2D eigenvalue weighted by Gasteiger charge is -2.31. The molecule has 10 nitrogen and oxygen atoms in total. The first-order valence-electron chi connectivity index (χ1n) is 12.1. The van der Waals surface area contributed by atoms with E-state index in [1.165, 1.54) is 12.3 Å². The lowest BCUT2D eigenvalue weighted by molar-refractivity contribution is -0.117. The molecule has 1 aliphatic heterocycles. The summed E-state index contributed by atoms with van der Waals surface area (Å²) in [7, 11) is 1.89. The normalized spacial score (nSPS) is 15.5. The van der Waals surface area contributed by atoms with Crippen LogP contribution < -0.4 is 20.9 Å². The van der Waals surface area contributed by atoms with E-state index in [1.807, 2.05) is 29.4 Å². The molecule has 5 rings (SSSR count). The predicted molar refractivity (Wildman–Crippen MR) is 127 cm³/mol. The van der Waals surface area contributed by atoms with Crippen LogP contribution in [0.15, 0.2) is 36.5 Å². The summed E-state index contributed by atoms with van der Waals surface area (Å²) >= 11 is 0. The van der Waals surface area contributed by atoms with Gasteiger partial charge in [0.1, 0.15) is 6.07 Å². The molecule has 2 aromatic heterocycles. The van der Waals surface area contributed by atoms with Gasteiger partial charge in [0.25, 0.3) is 5.91 Å². The minimum Gasteiger partial charge on any atom is -0.368 e. The molecule has 0 unspecified atom stereocenters. The van der Waals surface area contributed by atoms with Gasteiger partial charge in [-0.05, 0) is 30.5 Å². The Morgan fingerprint density at radius 3 is 2.85 bits per heavy atom. The fourth-order valence-electron chi connectivity index (χ4n) is 4.01. The van der Waals surface area contributed by atoms with E-state index in [0.29, 0.717) is 17.8 Å². The summed E-state index contributed by atoms with van der Waals surface area (Å²) in [5.74, 6) is -1.06. The smallest absolute Gasteiger partial charge is 0.273 e. The van der Waals surface area contributed by atoms with Gasteiger partial charge in [-0.2, -0.15) is 5.26 Å². The summed E-state index contributed by atoms with van der Waals surface area (Å²) in [6, 6.07) is 10.9. The number of carbonyl (C=O) groups is 2. The molecule has 0 atom stereocenters. The molecule has 34 heavy (non-hydrogen) atoms. The number of benzene rings is 1. The number of nitriles is 1. The lowest BCUT2D eigenvalue weighted by atomic mass is 9.96. The van der Waals surface area contributed by atoms with Crippen molar-refractivity contribution in [3.63, 3.8) is 0 Å². The second-order valence-corrected chi connectivity index (χ2v) is 8.24. The topological polar surface area (TPSA) is 136 Å². The first-order valence-corrected chi connectivity index (χ1v) is 10.6. The van der Waals surface area contributed by atoms with Gasteiger partial charge in [-0.3, -0.25) is 14.6 Å². The van der Waals surface area contributed by atoms with Crippen molar-refractivity contribution in [2.45, 2.75) is 19.4 Å². The van der Waals surface area contributed by atoms with Gasteiger partial charge < -0.3 is 20.9 Å². The zero-order valence-electron chi connectivity index (χ0n) is 21.2. The van der Waals surface area contributed by atoms with Gasteiger partial charge in [-0.1, -0.05) is 12.1 Å². The minimum absolute atomic E-state index is 0.0688. The Labute approximate surface area is 200 Å². The fraction of sp³-hybridized carbons (Fsp3) is 0.250. The molecule has 10 heteroatoms. The maximum Gasteiger partial charge on any atom is 0.273 e. The van der Waals surface area contributed by atoms with E-state index in [2.05, 4.69) is 31.9 Å². The molecule has 170 valence electrons. The van der Waals surface area contributed by atoms with Crippen molar-refractivity contribution in [3.05, 3.63) is 53.3 Å². The number of para-hydroxylation sites is 1. The quantitative estimate of drug-likeness (QED) is 0.532. The molecule has 0 bridgehead atoms. The van der Waals surface area contributed by atoms with Gasteiger partial charge in [0, 0.05) is 48.4 Å². The Kier molecular flexibility index (Phi) is 4.46. The van der Waals surface area contributed by atoms with Crippen molar-refractivity contribution >= 4 is 34.7 Å². The molecular weight excluding hydrogens is 432 g/mol. The van der Waals surface area contributed by atoms with E-state index in [1.54, 1.807) is 12.1 Å². The van der Waals surface area contributed by atoms with Crippen LogP contribution in [0.2, 0.25) is 0 Å². The van der Waals surface area contributed by atoms with Crippen LogP contribution in [-0.2, 0) is 11.3 Å². The maximum absolute atomic E-state index is 12.8. The molecule has 0 radical (unpaired) electrons. The minimum atomic E-state index is -2.72. The van der Waals surface area contributed by atoms with Crippen molar-refractivity contribution in [1.29, 1.82) is 5.26 Å². The van der Waals surface area contributed by atoms with Gasteiger partial charge in [-0.25, -0.2) is 0 Å². The average Bonchev–Trinajstić information content (AvgIpc) is 3.68. The Morgan fingerprint density at radius 1 is 1.24 bits per heavy atom. The molecule has 3 N–H and O–H groups in total. The summed E-state index contributed by atoms with van der Waals surface area (Å²) < 4.78 is 22.1. The number of hydrogen-bond donors (Lipinski definition) is 3. The number of fused-ring (bicyclic) bond motifs is 3. The largest absolute Gasteiger partial charge is 0.368 e. The molecule has 2 aliphatic rings. The van der Waals surface area contributed by atoms with Gasteiger partial charge in [0.2, 0.25) is 5.91 Å². The highest BCUT2D eigenvalue weighted by molar-refractivity contribution is 6.01. The zero-order valence-corrected chi connectivity index (χ0v) is 18.2. The average molecular weight is 458 g/mol. The van der Waals surface area contributed by atoms with E-state index >= 15 is 0 Å². The van der Waals surface area contributed by atoms with E-state index in [-0.39, 0.29) is 29.0 Å². The second-order valence-electron chi connectivity index (χ2n) is 8.24. The highest BCUT2D eigenvalue weighted by atomic mass is 16.2. The molecule has 3 aromatic rings. The van der Waals surface area contributed by atoms with Crippen LogP contribution in [0.25, 0.3) is 11.3 Å². The molecule has 0 spiro atoms. The van der Waals surface area contributed by atoms with Crippen LogP contribution in [0.4, 0.5) is 22.9 Å². The molecule has 2 amide bonds. The first-order chi connectivity index (χ1) is 17.6. The number of amides is 2. The maximum atomic E-state index is 12.8. The zero-order chi connectivity index (χ0) is 26.3. The Morgan fingerprint density at radius 2 is 2.09 bits per heavy atom. The third kappa shape index (κ3) is 3.88. The molecular formula is C24H22N8O2. The Hall–Kier alpha value is -4.52. The Bertz CT molecular complexity index is 1460. The van der Waals surface area contributed by atoms with Gasteiger partial charge >= 0.3 is 0 Å². The summed E-state index contributed by atoms with van der Waals surface area (Å²) in [5.41, 5.74) is 4.24. The van der Waals surface area contributed by atoms with E-state index in [4.69, 9.17) is 4.11 Å². The van der Waals surface area contributed by atoms with Crippen molar-refractivity contribution in [2.75, 3.05) is 29.6 Å². The standard InChI is InChI=1S/C24H22N8O2/c1-26-24(34)21-18(9-19(30-31-21)29-23(33)14-6-7-14)28-17-5-3-4-16-20-15(12-32(2)22(16)17)8-13(10-25)11-27-20/h3-5,8-9,11,14H,6-7,12H2,1-2H3,(H,26,34)(H2,28,29,30,33)/i1D3. The SMILES string of the molecule is [2H]C([2H])([2H])NC(=O)c1nnc(NC(=O)C2CC2)cc1Nc1cccc2c1N(C)Cc1cc(C#N)cnc1-2. The highest BCUT2D eigenvalue weighted by Crippen LogP contribution is 2.43. The fourth-order valence-corrected chi connectivity index (χ4v) is 4.01. The molecule has 0 saturated heterocycles. The van der Waals surface area contributed by atoms with Crippen molar-refractivity contribution in [3.8, 4) is 17.3 Å². The van der Waals surface area contributed by atoms with Gasteiger partial charge in [0.15, 0.2) is 11.5 Å². The number of carbonyl (C=O) groups excluding carboxylic acids is 2. The molecule has 1 aliphatic carbocycles. The number of nitrogens with one attached hydrogen (secondary N) is 3. The molecule has 3 heterocycles. The van der Waals surface area contributed by atoms with Crippen LogP contribution in [0.5, 0.6) is 0 Å². The van der Waals surface area contributed by atoms with E-state index < -0.39 is 12.9 Å². The first kappa shape index (κ1) is 18.0. The molecule has 1 fully saturated rings. The third-order valence-electron chi connectivity index (χ3n) is 5.77. The highest BCUT2D eigenvalue weighted by Gasteiger charge is 2.30. The van der Waals surface area contributed by atoms with Crippen LogP contribution >= 0.6 is 0 Å². The number of nitrogens with zero attached hydrogens (tertiary/aromatic N) is 5. The Balaban J connectivity index is 1.55. The number of pyridine rings is 1. The summed E-state index contributed by atoms with van der Waals surface area (Å²) in [6.45, 7) is -2.23. The number of aromatic nitrogens is 3. The number of rotatable bonds is 5. The summed E-state index contributed by atoms with van der Waals surface area (Å²) in [6.07, 6.45) is 3.13. The van der Waals surface area contributed by atoms with Crippen LogP contribution in [0.1, 0.15) is 38.6 Å². The van der Waals surface area contributed by atoms with Crippen molar-refractivity contribution in [2.24, 2.45) is 5.92 Å².